The number of ether oxygens (including phenoxy) is 2. The van der Waals surface area contributed by atoms with Gasteiger partial charge in [-0.2, -0.15) is 0 Å². The van der Waals surface area contributed by atoms with Crippen LogP contribution >= 0.6 is 23.2 Å². The number of carbonyl (C=O) groups excluding carboxylic acids is 3. The minimum absolute atomic E-state index is 0.0112. The number of carbonyl (C=O) groups is 3. The fourth-order valence-corrected chi connectivity index (χ4v) is 5.76. The third kappa shape index (κ3) is 5.24. The highest BCUT2D eigenvalue weighted by atomic mass is 35.5. The van der Waals surface area contributed by atoms with Crippen molar-refractivity contribution in [2.24, 2.45) is 5.92 Å². The molecule has 3 N–H and O–H groups in total. The molecule has 2 aliphatic carbocycles. The van der Waals surface area contributed by atoms with Crippen molar-refractivity contribution in [1.82, 2.24) is 10.2 Å². The summed E-state index contributed by atoms with van der Waals surface area (Å²) in [6, 6.07) is 7.19. The molecule has 9 nitrogen and oxygen atoms in total. The Morgan fingerprint density at radius 2 is 2.00 bits per heavy atom. The first-order valence-electron chi connectivity index (χ1n) is 12.6. The number of rotatable bonds is 9. The Bertz CT molecular complexity index is 1340. The molecule has 0 saturated heterocycles. The van der Waals surface area contributed by atoms with Crippen molar-refractivity contribution in [2.45, 2.75) is 43.6 Å². The first kappa shape index (κ1) is 27.5. The number of aliphatic hydroxyl groups excluding tert-OH is 2. The number of hydrogen-bond acceptors (Lipinski definition) is 7. The third-order valence-electron chi connectivity index (χ3n) is 7.34. The molecule has 4 unspecified atom stereocenters. The Morgan fingerprint density at radius 1 is 1.23 bits per heavy atom. The lowest BCUT2D eigenvalue weighted by Crippen LogP contribution is -2.55. The average molecular weight is 575 g/mol. The molecule has 4 atom stereocenters. The van der Waals surface area contributed by atoms with Gasteiger partial charge in [0.25, 0.3) is 0 Å². The van der Waals surface area contributed by atoms with E-state index in [0.717, 1.165) is 12.8 Å². The van der Waals surface area contributed by atoms with Crippen LogP contribution in [0.4, 0.5) is 0 Å². The molecule has 0 spiro atoms. The first-order valence-corrected chi connectivity index (χ1v) is 13.4. The maximum absolute atomic E-state index is 13.6. The highest BCUT2D eigenvalue weighted by Gasteiger charge is 2.52. The van der Waals surface area contributed by atoms with Crippen LogP contribution in [0, 0.1) is 5.92 Å². The molecule has 3 aliphatic rings. The van der Waals surface area contributed by atoms with E-state index in [1.165, 1.54) is 18.1 Å². The SMILES string of the molecule is COc1cc(C=O)cc2c1OC1C2C(C(=O)NCCO)=CC(N(Cc2ccc(Cl)cc2Cl)C(=O)C2CC2)C1O. The van der Waals surface area contributed by atoms with E-state index >= 15 is 0 Å². The Morgan fingerprint density at radius 3 is 2.64 bits per heavy atom. The topological polar surface area (TPSA) is 125 Å². The Kier molecular flexibility index (Phi) is 7.87. The number of hydrogen-bond donors (Lipinski definition) is 3. The molecule has 1 aliphatic heterocycles. The van der Waals surface area contributed by atoms with Crippen molar-refractivity contribution in [3.63, 3.8) is 0 Å². The van der Waals surface area contributed by atoms with E-state index in [1.807, 2.05) is 0 Å². The second-order valence-corrected chi connectivity index (χ2v) is 10.7. The fraction of sp³-hybridized carbons (Fsp3) is 0.393. The van der Waals surface area contributed by atoms with Crippen LogP contribution in [0.15, 0.2) is 42.0 Å². The van der Waals surface area contributed by atoms with E-state index in [2.05, 4.69) is 5.32 Å². The van der Waals surface area contributed by atoms with Crippen molar-refractivity contribution in [1.29, 1.82) is 0 Å². The second kappa shape index (κ2) is 11.2. The minimum atomic E-state index is -1.23. The summed E-state index contributed by atoms with van der Waals surface area (Å²) in [6.07, 6.45) is 1.55. The zero-order valence-electron chi connectivity index (χ0n) is 21.1. The van der Waals surface area contributed by atoms with Gasteiger partial charge in [-0.1, -0.05) is 29.3 Å². The van der Waals surface area contributed by atoms with Gasteiger partial charge in [0, 0.05) is 45.8 Å². The number of nitrogens with zero attached hydrogens (tertiary/aromatic N) is 1. The number of methoxy groups -OCH3 is 1. The highest BCUT2D eigenvalue weighted by Crippen LogP contribution is 2.51. The van der Waals surface area contributed by atoms with Crippen LogP contribution in [0.25, 0.3) is 0 Å². The number of halogens is 2. The summed E-state index contributed by atoms with van der Waals surface area (Å²) in [5.74, 6) is -0.952. The number of fused-ring (bicyclic) bond motifs is 3. The zero-order valence-corrected chi connectivity index (χ0v) is 22.6. The number of nitrogens with one attached hydrogen (secondary N) is 1. The van der Waals surface area contributed by atoms with Crippen LogP contribution in [0.3, 0.4) is 0 Å². The summed E-state index contributed by atoms with van der Waals surface area (Å²) in [5.41, 5.74) is 1.73. The van der Waals surface area contributed by atoms with Crippen LogP contribution in [0.5, 0.6) is 11.5 Å². The predicted molar refractivity (Wildman–Crippen MR) is 143 cm³/mol. The van der Waals surface area contributed by atoms with Crippen LogP contribution in [-0.2, 0) is 16.1 Å². The molecule has 1 saturated carbocycles. The molecule has 0 bridgehead atoms. The molecule has 5 rings (SSSR count). The predicted octanol–water partition coefficient (Wildman–Crippen LogP) is 2.88. The quantitative estimate of drug-likeness (QED) is 0.393. The molecule has 206 valence electrons. The monoisotopic (exact) mass is 574 g/mol. The van der Waals surface area contributed by atoms with Crippen LogP contribution in [0.2, 0.25) is 10.0 Å². The van der Waals surface area contributed by atoms with Gasteiger partial charge < -0.3 is 29.9 Å². The number of amides is 2. The summed E-state index contributed by atoms with van der Waals surface area (Å²) in [6.45, 7) is -0.175. The van der Waals surface area contributed by atoms with Gasteiger partial charge in [0.2, 0.25) is 11.8 Å². The molecule has 2 aromatic carbocycles. The van der Waals surface area contributed by atoms with Crippen molar-refractivity contribution >= 4 is 41.3 Å². The Balaban J connectivity index is 1.60. The van der Waals surface area contributed by atoms with Gasteiger partial charge in [0.05, 0.1) is 25.7 Å². The molecule has 11 heteroatoms. The van der Waals surface area contributed by atoms with Gasteiger partial charge in [-0.3, -0.25) is 14.4 Å². The average Bonchev–Trinajstić information content (AvgIpc) is 3.71. The normalized spacial score (nSPS) is 23.2. The van der Waals surface area contributed by atoms with Gasteiger partial charge in [0.1, 0.15) is 18.5 Å². The maximum Gasteiger partial charge on any atom is 0.247 e. The lowest BCUT2D eigenvalue weighted by atomic mass is 9.77. The number of aldehydes is 1. The standard InChI is InChI=1S/C28H28Cl2N2O7/c1-38-22-9-14(13-34)8-18-23-19(27(36)31-6-7-33)11-21(24(35)26(23)39-25(18)22)32(28(37)15-2-3-15)12-16-4-5-17(29)10-20(16)30/h4-5,8-11,13,15,21,23-24,26,33,35H,2-3,6-7,12H2,1H3,(H,31,36). The number of aliphatic hydroxyl groups is 2. The Labute approximate surface area is 235 Å². The third-order valence-corrected chi connectivity index (χ3v) is 7.92. The van der Waals surface area contributed by atoms with Gasteiger partial charge in [0.15, 0.2) is 11.5 Å². The van der Waals surface area contributed by atoms with Gasteiger partial charge >= 0.3 is 0 Å². The van der Waals surface area contributed by atoms with Crippen molar-refractivity contribution in [2.75, 3.05) is 20.3 Å². The van der Waals surface area contributed by atoms with Gasteiger partial charge in [-0.15, -0.1) is 0 Å². The molecule has 2 amide bonds. The zero-order chi connectivity index (χ0) is 27.8. The minimum Gasteiger partial charge on any atom is -0.493 e. The van der Waals surface area contributed by atoms with Crippen molar-refractivity contribution < 1.29 is 34.1 Å². The van der Waals surface area contributed by atoms with E-state index < -0.39 is 30.1 Å². The van der Waals surface area contributed by atoms with Crippen molar-refractivity contribution in [3.05, 3.63) is 68.7 Å². The van der Waals surface area contributed by atoms with Crippen molar-refractivity contribution in [3.8, 4) is 11.5 Å². The molecular formula is C28H28Cl2N2O7. The van der Waals surface area contributed by atoms with Crippen LogP contribution in [0.1, 0.15) is 40.2 Å². The highest BCUT2D eigenvalue weighted by molar-refractivity contribution is 6.35. The molecule has 0 radical (unpaired) electrons. The molecule has 1 fully saturated rings. The molecule has 0 aromatic heterocycles. The molecule has 2 aromatic rings. The Hall–Kier alpha value is -3.11. The molecule has 39 heavy (non-hydrogen) atoms. The number of benzene rings is 2. The van der Waals surface area contributed by atoms with Gasteiger partial charge in [-0.25, -0.2) is 0 Å². The van der Waals surface area contributed by atoms with E-state index in [0.29, 0.717) is 44.5 Å². The second-order valence-electron chi connectivity index (χ2n) is 9.88. The fourth-order valence-electron chi connectivity index (χ4n) is 5.29. The maximum atomic E-state index is 13.6. The van der Waals surface area contributed by atoms with E-state index in [1.54, 1.807) is 30.3 Å². The van der Waals surface area contributed by atoms with E-state index in [4.69, 9.17) is 32.7 Å². The van der Waals surface area contributed by atoms with E-state index in [9.17, 15) is 24.6 Å². The van der Waals surface area contributed by atoms with E-state index in [-0.39, 0.29) is 37.1 Å². The van der Waals surface area contributed by atoms with Crippen LogP contribution in [-0.4, -0.2) is 71.7 Å². The van der Waals surface area contributed by atoms with Crippen LogP contribution < -0.4 is 14.8 Å². The van der Waals surface area contributed by atoms with Gasteiger partial charge in [-0.05, 0) is 48.7 Å². The summed E-state index contributed by atoms with van der Waals surface area (Å²) < 4.78 is 11.7. The summed E-state index contributed by atoms with van der Waals surface area (Å²) >= 11 is 12.5. The molecular weight excluding hydrogens is 547 g/mol. The molecule has 1 heterocycles. The smallest absolute Gasteiger partial charge is 0.247 e. The largest absolute Gasteiger partial charge is 0.493 e. The summed E-state index contributed by atoms with van der Waals surface area (Å²) in [4.78, 5) is 40.1. The lowest BCUT2D eigenvalue weighted by molar-refractivity contribution is -0.139. The summed E-state index contributed by atoms with van der Waals surface area (Å²) in [7, 11) is 1.44. The first-order chi connectivity index (χ1) is 18.8. The lowest BCUT2D eigenvalue weighted by Gasteiger charge is -2.41. The summed E-state index contributed by atoms with van der Waals surface area (Å²) in [5, 5.41) is 24.5.